The van der Waals surface area contributed by atoms with E-state index in [1.165, 1.54) is 0 Å². The van der Waals surface area contributed by atoms with Crippen LogP contribution in [-0.4, -0.2) is 24.8 Å². The van der Waals surface area contributed by atoms with Gasteiger partial charge in [0.25, 0.3) is 5.56 Å². The van der Waals surface area contributed by atoms with Crippen LogP contribution < -0.4 is 5.56 Å². The van der Waals surface area contributed by atoms with E-state index in [1.807, 2.05) is 23.7 Å². The number of aryl methyl sites for hydroxylation is 1. The zero-order valence-corrected chi connectivity index (χ0v) is 9.58. The van der Waals surface area contributed by atoms with Crippen molar-refractivity contribution >= 4 is 0 Å². The summed E-state index contributed by atoms with van der Waals surface area (Å²) in [6, 6.07) is 4.10. The van der Waals surface area contributed by atoms with Crippen LogP contribution >= 0.6 is 0 Å². The molecule has 0 spiro atoms. The number of rotatable bonds is 3. The van der Waals surface area contributed by atoms with Crippen LogP contribution in [0.1, 0.15) is 30.3 Å². The van der Waals surface area contributed by atoms with Crippen molar-refractivity contribution in [1.82, 2.24) is 24.8 Å². The number of hydrogen-bond donors (Lipinski definition) is 0. The molecule has 1 saturated carbocycles. The molecule has 88 valence electrons. The minimum absolute atomic E-state index is 0.0119. The van der Waals surface area contributed by atoms with Gasteiger partial charge in [-0.2, -0.15) is 0 Å². The van der Waals surface area contributed by atoms with Gasteiger partial charge in [0, 0.05) is 11.8 Å². The summed E-state index contributed by atoms with van der Waals surface area (Å²) in [4.78, 5) is 11.9. The fourth-order valence-electron chi connectivity index (χ4n) is 1.85. The molecule has 0 amide bonds. The molecule has 3 rings (SSSR count). The second kappa shape index (κ2) is 3.80. The van der Waals surface area contributed by atoms with Crippen molar-refractivity contribution in [2.24, 2.45) is 0 Å². The Bertz CT molecular complexity index is 596. The zero-order chi connectivity index (χ0) is 11.8. The van der Waals surface area contributed by atoms with Crippen molar-refractivity contribution in [1.29, 1.82) is 0 Å². The highest BCUT2D eigenvalue weighted by Gasteiger charge is 2.27. The van der Waals surface area contributed by atoms with E-state index in [4.69, 9.17) is 0 Å². The Morgan fingerprint density at radius 1 is 1.47 bits per heavy atom. The summed E-state index contributed by atoms with van der Waals surface area (Å²) in [5.41, 5.74) is 0.746. The maximum Gasteiger partial charge on any atom is 0.253 e. The molecule has 1 aliphatic rings. The molecule has 0 N–H and O–H groups in total. The molecule has 1 fully saturated rings. The highest BCUT2D eigenvalue weighted by molar-refractivity contribution is 5.08. The Hall–Kier alpha value is -1.98. The van der Waals surface area contributed by atoms with E-state index in [9.17, 15) is 4.79 Å². The van der Waals surface area contributed by atoms with Gasteiger partial charge in [-0.25, -0.2) is 4.68 Å². The first-order valence-electron chi connectivity index (χ1n) is 5.68. The van der Waals surface area contributed by atoms with Crippen molar-refractivity contribution in [3.63, 3.8) is 0 Å². The molecule has 0 atom stereocenters. The minimum atomic E-state index is 0.0119. The van der Waals surface area contributed by atoms with Crippen LogP contribution in [0.25, 0.3) is 0 Å². The smallest absolute Gasteiger partial charge is 0.253 e. The van der Waals surface area contributed by atoms with E-state index >= 15 is 0 Å². The molecule has 2 heterocycles. The SMILES string of the molecule is Cc1cccn(Cc2nnnn2C2CC2)c1=O. The van der Waals surface area contributed by atoms with E-state index in [2.05, 4.69) is 15.5 Å². The van der Waals surface area contributed by atoms with Crippen LogP contribution in [0.5, 0.6) is 0 Å². The third-order valence-corrected chi connectivity index (χ3v) is 2.98. The van der Waals surface area contributed by atoms with E-state index in [1.54, 1.807) is 10.8 Å². The average molecular weight is 231 g/mol. The molecule has 0 aromatic carbocycles. The molecule has 2 aromatic rings. The Balaban J connectivity index is 1.93. The quantitative estimate of drug-likeness (QED) is 0.772. The number of nitrogens with zero attached hydrogens (tertiary/aromatic N) is 5. The summed E-state index contributed by atoms with van der Waals surface area (Å²) < 4.78 is 3.47. The van der Waals surface area contributed by atoms with Crippen LogP contribution in [0.2, 0.25) is 0 Å². The summed E-state index contributed by atoms with van der Waals surface area (Å²) in [5.74, 6) is 0.750. The molecule has 6 nitrogen and oxygen atoms in total. The summed E-state index contributed by atoms with van der Waals surface area (Å²) >= 11 is 0. The number of aromatic nitrogens is 5. The summed E-state index contributed by atoms with van der Waals surface area (Å²) in [7, 11) is 0. The summed E-state index contributed by atoms with van der Waals surface area (Å²) in [6.45, 7) is 2.24. The van der Waals surface area contributed by atoms with E-state index < -0.39 is 0 Å². The maximum absolute atomic E-state index is 11.9. The highest BCUT2D eigenvalue weighted by atomic mass is 16.1. The average Bonchev–Trinajstić information content (AvgIpc) is 3.06. The lowest BCUT2D eigenvalue weighted by molar-refractivity contribution is 0.562. The molecule has 17 heavy (non-hydrogen) atoms. The van der Waals surface area contributed by atoms with Gasteiger partial charge in [0.2, 0.25) is 0 Å². The molecule has 0 radical (unpaired) electrons. The topological polar surface area (TPSA) is 65.6 Å². The first-order valence-corrected chi connectivity index (χ1v) is 5.68. The monoisotopic (exact) mass is 231 g/mol. The molecule has 6 heteroatoms. The number of tetrazole rings is 1. The van der Waals surface area contributed by atoms with Crippen molar-refractivity contribution in [3.8, 4) is 0 Å². The summed E-state index contributed by atoms with van der Waals surface area (Å²) in [5, 5.41) is 11.6. The second-order valence-electron chi connectivity index (χ2n) is 4.40. The fourth-order valence-corrected chi connectivity index (χ4v) is 1.85. The lowest BCUT2D eigenvalue weighted by Gasteiger charge is -2.06. The predicted octanol–water partition coefficient (Wildman–Crippen LogP) is 0.526. The van der Waals surface area contributed by atoms with Crippen LogP contribution in [0.4, 0.5) is 0 Å². The number of pyridine rings is 1. The highest BCUT2D eigenvalue weighted by Crippen LogP contribution is 2.34. The van der Waals surface area contributed by atoms with Gasteiger partial charge in [0.15, 0.2) is 5.82 Å². The van der Waals surface area contributed by atoms with Gasteiger partial charge >= 0.3 is 0 Å². The van der Waals surface area contributed by atoms with Gasteiger partial charge in [-0.1, -0.05) is 6.07 Å². The Morgan fingerprint density at radius 2 is 2.29 bits per heavy atom. The van der Waals surface area contributed by atoms with Gasteiger partial charge in [-0.15, -0.1) is 5.10 Å². The van der Waals surface area contributed by atoms with Crippen molar-refractivity contribution < 1.29 is 0 Å². The molecular formula is C11H13N5O. The van der Waals surface area contributed by atoms with Gasteiger partial charge in [0.05, 0.1) is 12.6 Å². The van der Waals surface area contributed by atoms with Gasteiger partial charge in [0.1, 0.15) is 0 Å². The van der Waals surface area contributed by atoms with Crippen LogP contribution in [0, 0.1) is 6.92 Å². The maximum atomic E-state index is 11.9. The Morgan fingerprint density at radius 3 is 3.06 bits per heavy atom. The number of hydrogen-bond acceptors (Lipinski definition) is 4. The van der Waals surface area contributed by atoms with Gasteiger partial charge in [-0.3, -0.25) is 4.79 Å². The first-order chi connectivity index (χ1) is 8.25. The standard InChI is InChI=1S/C11H13N5O/c1-8-3-2-6-15(11(8)17)7-10-12-13-14-16(10)9-4-5-9/h2-3,6,9H,4-5,7H2,1H3. The third kappa shape index (κ3) is 1.86. The largest absolute Gasteiger partial charge is 0.308 e. The molecule has 1 aliphatic carbocycles. The predicted molar refractivity (Wildman–Crippen MR) is 60.6 cm³/mol. The molecule has 2 aromatic heterocycles. The first kappa shape index (κ1) is 10.2. The normalized spacial score (nSPS) is 15.1. The van der Waals surface area contributed by atoms with E-state index in [0.717, 1.165) is 24.2 Å². The second-order valence-corrected chi connectivity index (χ2v) is 4.40. The Labute approximate surface area is 97.9 Å². The van der Waals surface area contributed by atoms with E-state index in [-0.39, 0.29) is 5.56 Å². The van der Waals surface area contributed by atoms with Gasteiger partial charge < -0.3 is 4.57 Å². The fraction of sp³-hybridized carbons (Fsp3) is 0.455. The molecular weight excluding hydrogens is 218 g/mol. The van der Waals surface area contributed by atoms with Crippen LogP contribution in [0.3, 0.4) is 0 Å². The lowest BCUT2D eigenvalue weighted by atomic mass is 10.3. The van der Waals surface area contributed by atoms with Crippen LogP contribution in [-0.2, 0) is 6.54 Å². The van der Waals surface area contributed by atoms with E-state index in [0.29, 0.717) is 12.6 Å². The molecule has 0 saturated heterocycles. The molecule has 0 unspecified atom stereocenters. The van der Waals surface area contributed by atoms with Crippen molar-refractivity contribution in [2.75, 3.05) is 0 Å². The zero-order valence-electron chi connectivity index (χ0n) is 9.58. The minimum Gasteiger partial charge on any atom is -0.308 e. The van der Waals surface area contributed by atoms with Gasteiger partial charge in [-0.05, 0) is 36.3 Å². The molecule has 0 bridgehead atoms. The Kier molecular flexibility index (Phi) is 2.28. The van der Waals surface area contributed by atoms with Crippen LogP contribution in [0.15, 0.2) is 23.1 Å². The lowest BCUT2D eigenvalue weighted by Crippen LogP contribution is -2.23. The summed E-state index contributed by atoms with van der Waals surface area (Å²) in [6.07, 6.45) is 4.02. The molecule has 0 aliphatic heterocycles. The van der Waals surface area contributed by atoms with Crippen molar-refractivity contribution in [2.45, 2.75) is 32.4 Å². The third-order valence-electron chi connectivity index (χ3n) is 2.98. The van der Waals surface area contributed by atoms with Crippen molar-refractivity contribution in [3.05, 3.63) is 40.1 Å².